The van der Waals surface area contributed by atoms with E-state index in [2.05, 4.69) is 21.7 Å². The largest absolute Gasteiger partial charge is 0.362 e. The van der Waals surface area contributed by atoms with Crippen LogP contribution in [0.1, 0.15) is 32.1 Å². The minimum atomic E-state index is 0.603. The Morgan fingerprint density at radius 3 is 2.95 bits per heavy atom. The molecule has 19 heavy (non-hydrogen) atoms. The number of halogens is 1. The maximum atomic E-state index is 5.77. The van der Waals surface area contributed by atoms with Gasteiger partial charge in [-0.1, -0.05) is 23.3 Å². The molecule has 1 aromatic heterocycles. The van der Waals surface area contributed by atoms with Crippen molar-refractivity contribution in [2.75, 3.05) is 11.9 Å². The molecule has 2 rings (SSSR count). The van der Waals surface area contributed by atoms with Gasteiger partial charge in [-0.3, -0.25) is 0 Å². The summed E-state index contributed by atoms with van der Waals surface area (Å²) in [6.45, 7) is 0.866. The second-order valence-corrected chi connectivity index (χ2v) is 5.45. The SMILES string of the molecule is S=C(NCCC1=CCCCC1)Nc1ccc(Cl)cn1. The van der Waals surface area contributed by atoms with Crippen molar-refractivity contribution in [2.24, 2.45) is 0 Å². The number of hydrogen-bond acceptors (Lipinski definition) is 2. The number of rotatable bonds is 4. The first-order valence-electron chi connectivity index (χ1n) is 6.58. The zero-order valence-corrected chi connectivity index (χ0v) is 12.4. The van der Waals surface area contributed by atoms with E-state index in [0.717, 1.165) is 13.0 Å². The van der Waals surface area contributed by atoms with Gasteiger partial charge in [-0.2, -0.15) is 0 Å². The molecule has 1 aromatic rings. The van der Waals surface area contributed by atoms with Gasteiger partial charge in [0.15, 0.2) is 5.11 Å². The van der Waals surface area contributed by atoms with Gasteiger partial charge in [0.1, 0.15) is 5.82 Å². The molecule has 0 aromatic carbocycles. The number of anilines is 1. The lowest BCUT2D eigenvalue weighted by Gasteiger charge is -2.14. The lowest BCUT2D eigenvalue weighted by Crippen LogP contribution is -2.29. The van der Waals surface area contributed by atoms with Crippen LogP contribution >= 0.6 is 23.8 Å². The molecule has 0 unspecified atom stereocenters. The molecule has 0 bridgehead atoms. The first-order chi connectivity index (χ1) is 9.24. The predicted molar refractivity (Wildman–Crippen MR) is 84.6 cm³/mol. The molecule has 5 heteroatoms. The molecular formula is C14H18ClN3S. The Hall–Kier alpha value is -1.13. The topological polar surface area (TPSA) is 37.0 Å². The van der Waals surface area contributed by atoms with Crippen LogP contribution in [-0.2, 0) is 0 Å². The maximum absolute atomic E-state index is 5.77. The van der Waals surface area contributed by atoms with Crippen LogP contribution in [-0.4, -0.2) is 16.6 Å². The standard InChI is InChI=1S/C14H18ClN3S/c15-12-6-7-13(17-10-12)18-14(19)16-9-8-11-4-2-1-3-5-11/h4,6-7,10H,1-3,5,8-9H2,(H2,16,17,18,19). The van der Waals surface area contributed by atoms with Crippen molar-refractivity contribution in [3.63, 3.8) is 0 Å². The van der Waals surface area contributed by atoms with Gasteiger partial charge in [0.05, 0.1) is 5.02 Å². The van der Waals surface area contributed by atoms with Gasteiger partial charge in [0, 0.05) is 12.7 Å². The number of allylic oxidation sites excluding steroid dienone is 1. The molecule has 0 radical (unpaired) electrons. The molecule has 0 atom stereocenters. The highest BCUT2D eigenvalue weighted by atomic mass is 35.5. The second-order valence-electron chi connectivity index (χ2n) is 4.60. The van der Waals surface area contributed by atoms with E-state index in [-0.39, 0.29) is 0 Å². The van der Waals surface area contributed by atoms with Crippen LogP contribution in [0.5, 0.6) is 0 Å². The van der Waals surface area contributed by atoms with Crippen LogP contribution in [0.3, 0.4) is 0 Å². The van der Waals surface area contributed by atoms with Crippen molar-refractivity contribution >= 4 is 34.7 Å². The van der Waals surface area contributed by atoms with Crippen molar-refractivity contribution in [3.8, 4) is 0 Å². The van der Waals surface area contributed by atoms with Crippen molar-refractivity contribution in [1.29, 1.82) is 0 Å². The minimum absolute atomic E-state index is 0.603. The lowest BCUT2D eigenvalue weighted by molar-refractivity contribution is 0.669. The molecule has 1 heterocycles. The van der Waals surface area contributed by atoms with Crippen molar-refractivity contribution in [2.45, 2.75) is 32.1 Å². The zero-order chi connectivity index (χ0) is 13.5. The molecule has 0 saturated carbocycles. The third-order valence-electron chi connectivity index (χ3n) is 3.09. The molecule has 1 aliphatic rings. The number of nitrogens with one attached hydrogen (secondary N) is 2. The summed E-state index contributed by atoms with van der Waals surface area (Å²) in [6.07, 6.45) is 10.1. The maximum Gasteiger partial charge on any atom is 0.171 e. The van der Waals surface area contributed by atoms with Gasteiger partial charge in [-0.15, -0.1) is 0 Å². The van der Waals surface area contributed by atoms with Crippen molar-refractivity contribution in [3.05, 3.63) is 35.0 Å². The Labute approximate surface area is 124 Å². The fraction of sp³-hybridized carbons (Fsp3) is 0.429. The number of nitrogens with zero attached hydrogens (tertiary/aromatic N) is 1. The second kappa shape index (κ2) is 7.46. The molecule has 102 valence electrons. The minimum Gasteiger partial charge on any atom is -0.362 e. The van der Waals surface area contributed by atoms with E-state index < -0.39 is 0 Å². The van der Waals surface area contributed by atoms with Gasteiger partial charge in [0.2, 0.25) is 0 Å². The van der Waals surface area contributed by atoms with E-state index >= 15 is 0 Å². The van der Waals surface area contributed by atoms with Gasteiger partial charge < -0.3 is 10.6 Å². The summed E-state index contributed by atoms with van der Waals surface area (Å²) in [5.74, 6) is 0.707. The summed E-state index contributed by atoms with van der Waals surface area (Å²) >= 11 is 11.0. The van der Waals surface area contributed by atoms with Gasteiger partial charge in [0.25, 0.3) is 0 Å². The molecule has 0 spiro atoms. The summed E-state index contributed by atoms with van der Waals surface area (Å²) in [6, 6.07) is 3.59. The Kier molecular flexibility index (Phi) is 5.61. The van der Waals surface area contributed by atoms with Crippen LogP contribution in [0.25, 0.3) is 0 Å². The highest BCUT2D eigenvalue weighted by Gasteiger charge is 2.04. The molecule has 0 amide bonds. The summed E-state index contributed by atoms with van der Waals surface area (Å²) in [5, 5.41) is 7.46. The highest BCUT2D eigenvalue weighted by molar-refractivity contribution is 7.80. The smallest absolute Gasteiger partial charge is 0.171 e. The molecule has 1 aliphatic carbocycles. The van der Waals surface area contributed by atoms with E-state index in [4.69, 9.17) is 23.8 Å². The van der Waals surface area contributed by atoms with E-state index in [1.54, 1.807) is 23.9 Å². The van der Waals surface area contributed by atoms with Gasteiger partial charge in [-0.05, 0) is 56.5 Å². The van der Waals surface area contributed by atoms with Crippen molar-refractivity contribution in [1.82, 2.24) is 10.3 Å². The first-order valence-corrected chi connectivity index (χ1v) is 7.37. The average Bonchev–Trinajstić information content (AvgIpc) is 2.43. The van der Waals surface area contributed by atoms with Crippen LogP contribution in [0.2, 0.25) is 5.02 Å². The van der Waals surface area contributed by atoms with Crippen LogP contribution in [0.4, 0.5) is 5.82 Å². The van der Waals surface area contributed by atoms with E-state index in [1.807, 2.05) is 0 Å². The van der Waals surface area contributed by atoms with Gasteiger partial charge >= 0.3 is 0 Å². The summed E-state index contributed by atoms with van der Waals surface area (Å²) in [4.78, 5) is 4.13. The third kappa shape index (κ3) is 5.17. The van der Waals surface area contributed by atoms with Crippen LogP contribution in [0, 0.1) is 0 Å². The van der Waals surface area contributed by atoms with Crippen LogP contribution < -0.4 is 10.6 Å². The number of aromatic nitrogens is 1. The molecule has 2 N–H and O–H groups in total. The monoisotopic (exact) mass is 295 g/mol. The number of thiocarbonyl (C=S) groups is 1. The van der Waals surface area contributed by atoms with E-state index in [0.29, 0.717) is 16.0 Å². The van der Waals surface area contributed by atoms with Crippen molar-refractivity contribution < 1.29 is 0 Å². The molecule has 0 fully saturated rings. The Morgan fingerprint density at radius 2 is 2.26 bits per heavy atom. The third-order valence-corrected chi connectivity index (χ3v) is 3.56. The van der Waals surface area contributed by atoms with Gasteiger partial charge in [-0.25, -0.2) is 4.98 Å². The average molecular weight is 296 g/mol. The predicted octanol–water partition coefficient (Wildman–Crippen LogP) is 3.91. The number of hydrogen-bond donors (Lipinski definition) is 2. The quantitative estimate of drug-likeness (QED) is 0.652. The number of pyridine rings is 1. The molecule has 0 aliphatic heterocycles. The molecule has 0 saturated heterocycles. The van der Waals surface area contributed by atoms with E-state index in [9.17, 15) is 0 Å². The summed E-state index contributed by atoms with van der Waals surface area (Å²) in [5.41, 5.74) is 1.55. The summed E-state index contributed by atoms with van der Waals surface area (Å²) in [7, 11) is 0. The molecule has 3 nitrogen and oxygen atoms in total. The zero-order valence-electron chi connectivity index (χ0n) is 10.8. The highest BCUT2D eigenvalue weighted by Crippen LogP contribution is 2.19. The van der Waals surface area contributed by atoms with Crippen LogP contribution in [0.15, 0.2) is 30.0 Å². The summed E-state index contributed by atoms with van der Waals surface area (Å²) < 4.78 is 0. The fourth-order valence-corrected chi connectivity index (χ4v) is 2.40. The Morgan fingerprint density at radius 1 is 1.37 bits per heavy atom. The Bertz CT molecular complexity index is 456. The van der Waals surface area contributed by atoms with E-state index in [1.165, 1.54) is 25.7 Å². The Balaban J connectivity index is 1.69. The normalized spacial score (nSPS) is 14.7. The first kappa shape index (κ1) is 14.3. The lowest BCUT2D eigenvalue weighted by atomic mass is 9.97. The fourth-order valence-electron chi connectivity index (χ4n) is 2.08. The molecular weight excluding hydrogens is 278 g/mol.